The van der Waals surface area contributed by atoms with Crippen molar-refractivity contribution >= 4 is 29.2 Å². The number of rotatable bonds is 3. The quantitative estimate of drug-likeness (QED) is 0.790. The number of halogens is 1. The average Bonchev–Trinajstić information content (AvgIpc) is 2.75. The van der Waals surface area contributed by atoms with Gasteiger partial charge in [0.2, 0.25) is 5.91 Å². The topological polar surface area (TPSA) is 78.4 Å². The molecule has 102 valence electrons. The number of hydrogen-bond acceptors (Lipinski definition) is 3. The van der Waals surface area contributed by atoms with Crippen LogP contribution in [0.4, 0.5) is 5.69 Å². The number of nitrogens with one attached hydrogen (secondary N) is 2. The number of carbonyl (C=O) groups excluding carboxylic acids is 1. The van der Waals surface area contributed by atoms with Crippen molar-refractivity contribution in [2.75, 3.05) is 18.4 Å². The highest BCUT2D eigenvalue weighted by Crippen LogP contribution is 2.23. The third-order valence-corrected chi connectivity index (χ3v) is 3.63. The standard InChI is InChI=1S/C13H15ClN2O3/c1-7-5-15-6-10(7)12(17)16-8-2-3-9(13(18)19)11(14)4-8/h2-4,7,10,15H,5-6H2,1H3,(H,16,17)(H,18,19). The van der Waals surface area contributed by atoms with Crippen LogP contribution in [0.3, 0.4) is 0 Å². The van der Waals surface area contributed by atoms with E-state index in [4.69, 9.17) is 16.7 Å². The van der Waals surface area contributed by atoms with Crippen LogP contribution < -0.4 is 10.6 Å². The molecule has 1 saturated heterocycles. The maximum atomic E-state index is 12.0. The zero-order chi connectivity index (χ0) is 14.0. The minimum atomic E-state index is -1.09. The van der Waals surface area contributed by atoms with Crippen molar-refractivity contribution in [3.63, 3.8) is 0 Å². The van der Waals surface area contributed by atoms with Crippen LogP contribution in [0, 0.1) is 11.8 Å². The molecule has 0 bridgehead atoms. The van der Waals surface area contributed by atoms with Crippen LogP contribution in [0.5, 0.6) is 0 Å². The van der Waals surface area contributed by atoms with Crippen molar-refractivity contribution < 1.29 is 14.7 Å². The minimum absolute atomic E-state index is 0.0237. The molecule has 5 nitrogen and oxygen atoms in total. The molecular weight excluding hydrogens is 268 g/mol. The van der Waals surface area contributed by atoms with Crippen molar-refractivity contribution in [1.82, 2.24) is 5.32 Å². The highest BCUT2D eigenvalue weighted by atomic mass is 35.5. The molecule has 19 heavy (non-hydrogen) atoms. The highest BCUT2D eigenvalue weighted by molar-refractivity contribution is 6.33. The van der Waals surface area contributed by atoms with Gasteiger partial charge in [0, 0.05) is 12.2 Å². The Morgan fingerprint density at radius 3 is 2.68 bits per heavy atom. The average molecular weight is 283 g/mol. The molecule has 2 atom stereocenters. The maximum Gasteiger partial charge on any atom is 0.337 e. The molecule has 1 aromatic carbocycles. The Kier molecular flexibility index (Phi) is 4.07. The van der Waals surface area contributed by atoms with Gasteiger partial charge in [-0.25, -0.2) is 4.79 Å². The number of carboxylic acids is 1. The van der Waals surface area contributed by atoms with E-state index < -0.39 is 5.97 Å². The van der Waals surface area contributed by atoms with Crippen LogP contribution >= 0.6 is 11.6 Å². The summed E-state index contributed by atoms with van der Waals surface area (Å²) in [5.41, 5.74) is 0.537. The summed E-state index contributed by atoms with van der Waals surface area (Å²) in [5, 5.41) is 14.9. The molecule has 2 unspecified atom stereocenters. The molecule has 1 fully saturated rings. The summed E-state index contributed by atoms with van der Waals surface area (Å²) >= 11 is 5.85. The molecule has 1 amide bonds. The third kappa shape index (κ3) is 3.05. The summed E-state index contributed by atoms with van der Waals surface area (Å²) in [6.07, 6.45) is 0. The predicted octanol–water partition coefficient (Wildman–Crippen LogP) is 1.83. The molecule has 2 rings (SSSR count). The predicted molar refractivity (Wildman–Crippen MR) is 72.6 cm³/mol. The fraction of sp³-hybridized carbons (Fsp3) is 0.385. The molecule has 0 saturated carbocycles. The molecule has 0 spiro atoms. The smallest absolute Gasteiger partial charge is 0.337 e. The van der Waals surface area contributed by atoms with E-state index in [0.717, 1.165) is 6.54 Å². The van der Waals surface area contributed by atoms with Gasteiger partial charge in [0.25, 0.3) is 0 Å². The van der Waals surface area contributed by atoms with Crippen LogP contribution in [0.25, 0.3) is 0 Å². The Hall–Kier alpha value is -1.59. The van der Waals surface area contributed by atoms with Crippen LogP contribution in [-0.4, -0.2) is 30.1 Å². The Bertz CT molecular complexity index is 519. The summed E-state index contributed by atoms with van der Waals surface area (Å²) in [7, 11) is 0. The molecule has 0 aliphatic carbocycles. The molecule has 6 heteroatoms. The lowest BCUT2D eigenvalue weighted by molar-refractivity contribution is -0.120. The Labute approximate surface area is 116 Å². The molecule has 1 aliphatic rings. The van der Waals surface area contributed by atoms with Crippen LogP contribution in [-0.2, 0) is 4.79 Å². The molecule has 3 N–H and O–H groups in total. The van der Waals surface area contributed by atoms with Crippen molar-refractivity contribution in [2.24, 2.45) is 11.8 Å². The van der Waals surface area contributed by atoms with Crippen LogP contribution in [0.15, 0.2) is 18.2 Å². The molecule has 0 radical (unpaired) electrons. The van der Waals surface area contributed by atoms with Crippen molar-refractivity contribution in [2.45, 2.75) is 6.92 Å². The summed E-state index contributed by atoms with van der Waals surface area (Å²) in [4.78, 5) is 22.9. The summed E-state index contributed by atoms with van der Waals surface area (Å²) in [6, 6.07) is 4.38. The molecular formula is C13H15ClN2O3. The fourth-order valence-electron chi connectivity index (χ4n) is 2.16. The largest absolute Gasteiger partial charge is 0.478 e. The first-order chi connectivity index (χ1) is 8.99. The lowest BCUT2D eigenvalue weighted by atomic mass is 9.97. The number of anilines is 1. The number of amides is 1. The normalized spacial score (nSPS) is 22.2. The monoisotopic (exact) mass is 282 g/mol. The number of aromatic carboxylic acids is 1. The van der Waals surface area contributed by atoms with Crippen LogP contribution in [0.2, 0.25) is 5.02 Å². The van der Waals surface area contributed by atoms with Gasteiger partial charge in [0.15, 0.2) is 0 Å². The summed E-state index contributed by atoms with van der Waals surface area (Å²) in [5.74, 6) is -0.945. The first-order valence-corrected chi connectivity index (χ1v) is 6.41. The van der Waals surface area contributed by atoms with E-state index in [-0.39, 0.29) is 28.3 Å². The first-order valence-electron chi connectivity index (χ1n) is 6.03. The molecule has 1 aliphatic heterocycles. The molecule has 1 aromatic rings. The SMILES string of the molecule is CC1CNCC1C(=O)Nc1ccc(C(=O)O)c(Cl)c1. The second-order valence-electron chi connectivity index (χ2n) is 4.73. The fourth-order valence-corrected chi connectivity index (χ4v) is 2.42. The van der Waals surface area contributed by atoms with E-state index in [0.29, 0.717) is 12.2 Å². The van der Waals surface area contributed by atoms with E-state index in [1.165, 1.54) is 12.1 Å². The second kappa shape index (κ2) is 5.59. The Morgan fingerprint density at radius 2 is 2.16 bits per heavy atom. The van der Waals surface area contributed by atoms with E-state index in [1.807, 2.05) is 6.92 Å². The van der Waals surface area contributed by atoms with Crippen molar-refractivity contribution in [3.8, 4) is 0 Å². The van der Waals surface area contributed by atoms with E-state index in [9.17, 15) is 9.59 Å². The van der Waals surface area contributed by atoms with E-state index >= 15 is 0 Å². The lowest BCUT2D eigenvalue weighted by Crippen LogP contribution is -2.27. The van der Waals surface area contributed by atoms with Gasteiger partial charge in [-0.05, 0) is 30.7 Å². The van der Waals surface area contributed by atoms with Gasteiger partial charge in [0.05, 0.1) is 16.5 Å². The number of carboxylic acid groups (broad SMARTS) is 1. The third-order valence-electron chi connectivity index (χ3n) is 3.32. The highest BCUT2D eigenvalue weighted by Gasteiger charge is 2.29. The minimum Gasteiger partial charge on any atom is -0.478 e. The summed E-state index contributed by atoms with van der Waals surface area (Å²) < 4.78 is 0. The maximum absolute atomic E-state index is 12.0. The second-order valence-corrected chi connectivity index (χ2v) is 5.14. The van der Waals surface area contributed by atoms with Gasteiger partial charge in [-0.1, -0.05) is 18.5 Å². The van der Waals surface area contributed by atoms with E-state index in [2.05, 4.69) is 10.6 Å². The summed E-state index contributed by atoms with van der Waals surface area (Å²) in [6.45, 7) is 3.51. The zero-order valence-corrected chi connectivity index (χ0v) is 11.2. The Morgan fingerprint density at radius 1 is 1.42 bits per heavy atom. The van der Waals surface area contributed by atoms with Crippen LogP contribution in [0.1, 0.15) is 17.3 Å². The Balaban J connectivity index is 2.09. The van der Waals surface area contributed by atoms with Gasteiger partial charge in [-0.15, -0.1) is 0 Å². The van der Waals surface area contributed by atoms with Gasteiger partial charge < -0.3 is 15.7 Å². The number of carbonyl (C=O) groups is 2. The zero-order valence-electron chi connectivity index (χ0n) is 10.4. The van der Waals surface area contributed by atoms with Gasteiger partial charge in [-0.2, -0.15) is 0 Å². The number of benzene rings is 1. The lowest BCUT2D eigenvalue weighted by Gasteiger charge is -2.14. The van der Waals surface area contributed by atoms with E-state index in [1.54, 1.807) is 6.07 Å². The van der Waals surface area contributed by atoms with Gasteiger partial charge in [0.1, 0.15) is 0 Å². The van der Waals surface area contributed by atoms with Gasteiger partial charge >= 0.3 is 5.97 Å². The molecule has 1 heterocycles. The first kappa shape index (κ1) is 13.8. The van der Waals surface area contributed by atoms with Crippen molar-refractivity contribution in [1.29, 1.82) is 0 Å². The molecule has 0 aromatic heterocycles. The number of hydrogen-bond donors (Lipinski definition) is 3. The van der Waals surface area contributed by atoms with Gasteiger partial charge in [-0.3, -0.25) is 4.79 Å². The van der Waals surface area contributed by atoms with Crippen molar-refractivity contribution in [3.05, 3.63) is 28.8 Å².